The molecule has 1 aromatic heterocycles. The summed E-state index contributed by atoms with van der Waals surface area (Å²) in [5.41, 5.74) is 1.21. The summed E-state index contributed by atoms with van der Waals surface area (Å²) in [4.78, 5) is 6.39. The SMILES string of the molecule is CC1OCC(C(c2cccnc2)N(C)C)CO1. The molecule has 2 heterocycles. The van der Waals surface area contributed by atoms with E-state index < -0.39 is 0 Å². The van der Waals surface area contributed by atoms with Crippen molar-refractivity contribution in [2.45, 2.75) is 19.3 Å². The lowest BCUT2D eigenvalue weighted by Crippen LogP contribution is -2.38. The van der Waals surface area contributed by atoms with Crippen LogP contribution in [-0.2, 0) is 9.47 Å². The molecule has 1 atom stereocenters. The molecule has 1 unspecified atom stereocenters. The summed E-state index contributed by atoms with van der Waals surface area (Å²) in [5.74, 6) is 0.352. The van der Waals surface area contributed by atoms with Gasteiger partial charge in [-0.05, 0) is 32.6 Å². The van der Waals surface area contributed by atoms with Crippen LogP contribution in [0, 0.1) is 5.92 Å². The lowest BCUT2D eigenvalue weighted by molar-refractivity contribution is -0.199. The molecule has 0 saturated carbocycles. The van der Waals surface area contributed by atoms with Gasteiger partial charge in [-0.3, -0.25) is 4.98 Å². The number of nitrogens with zero attached hydrogens (tertiary/aromatic N) is 2. The molecule has 0 aliphatic carbocycles. The van der Waals surface area contributed by atoms with Crippen molar-refractivity contribution in [1.82, 2.24) is 9.88 Å². The molecule has 1 saturated heterocycles. The predicted octanol–water partition coefficient (Wildman–Crippen LogP) is 1.69. The zero-order valence-corrected chi connectivity index (χ0v) is 10.7. The van der Waals surface area contributed by atoms with Gasteiger partial charge in [0.2, 0.25) is 0 Å². The Morgan fingerprint density at radius 3 is 2.59 bits per heavy atom. The van der Waals surface area contributed by atoms with Crippen molar-refractivity contribution in [2.75, 3.05) is 27.3 Å². The highest BCUT2D eigenvalue weighted by molar-refractivity contribution is 5.15. The Balaban J connectivity index is 2.13. The second-order valence-corrected chi connectivity index (χ2v) is 4.69. The molecule has 0 amide bonds. The minimum Gasteiger partial charge on any atom is -0.353 e. The fraction of sp³-hybridized carbons (Fsp3) is 0.615. The maximum atomic E-state index is 5.57. The van der Waals surface area contributed by atoms with Crippen molar-refractivity contribution in [3.63, 3.8) is 0 Å². The van der Waals surface area contributed by atoms with E-state index in [1.807, 2.05) is 19.2 Å². The molecule has 1 fully saturated rings. The van der Waals surface area contributed by atoms with Crippen LogP contribution in [0.1, 0.15) is 18.5 Å². The van der Waals surface area contributed by atoms with E-state index in [0.29, 0.717) is 5.92 Å². The topological polar surface area (TPSA) is 34.6 Å². The highest BCUT2D eigenvalue weighted by atomic mass is 16.7. The Hall–Kier alpha value is -0.970. The molecular weight excluding hydrogens is 216 g/mol. The van der Waals surface area contributed by atoms with E-state index >= 15 is 0 Å². The van der Waals surface area contributed by atoms with Crippen molar-refractivity contribution in [3.8, 4) is 0 Å². The van der Waals surface area contributed by atoms with Gasteiger partial charge >= 0.3 is 0 Å². The Morgan fingerprint density at radius 2 is 2.06 bits per heavy atom. The summed E-state index contributed by atoms with van der Waals surface area (Å²) < 4.78 is 11.1. The molecule has 4 nitrogen and oxygen atoms in total. The van der Waals surface area contributed by atoms with Gasteiger partial charge in [-0.25, -0.2) is 0 Å². The first kappa shape index (κ1) is 12.5. The summed E-state index contributed by atoms with van der Waals surface area (Å²) >= 11 is 0. The van der Waals surface area contributed by atoms with Crippen LogP contribution in [0.2, 0.25) is 0 Å². The maximum Gasteiger partial charge on any atom is 0.154 e. The van der Waals surface area contributed by atoms with Gasteiger partial charge in [-0.1, -0.05) is 6.07 Å². The second-order valence-electron chi connectivity index (χ2n) is 4.69. The van der Waals surface area contributed by atoms with Crippen molar-refractivity contribution in [3.05, 3.63) is 30.1 Å². The average Bonchev–Trinajstić information content (AvgIpc) is 2.33. The Bertz CT molecular complexity index is 335. The lowest BCUT2D eigenvalue weighted by Gasteiger charge is -2.36. The fourth-order valence-electron chi connectivity index (χ4n) is 2.34. The maximum absolute atomic E-state index is 5.57. The molecule has 17 heavy (non-hydrogen) atoms. The molecule has 1 aliphatic rings. The van der Waals surface area contributed by atoms with E-state index in [0.717, 1.165) is 13.2 Å². The van der Waals surface area contributed by atoms with Gasteiger partial charge in [-0.2, -0.15) is 0 Å². The molecule has 94 valence electrons. The van der Waals surface area contributed by atoms with Crippen LogP contribution in [0.25, 0.3) is 0 Å². The van der Waals surface area contributed by atoms with Crippen LogP contribution in [0.3, 0.4) is 0 Å². The van der Waals surface area contributed by atoms with E-state index in [4.69, 9.17) is 9.47 Å². The first-order chi connectivity index (χ1) is 8.18. The summed E-state index contributed by atoms with van der Waals surface area (Å²) in [6.07, 6.45) is 3.64. The second kappa shape index (κ2) is 5.58. The zero-order valence-electron chi connectivity index (χ0n) is 10.7. The van der Waals surface area contributed by atoms with Gasteiger partial charge in [-0.15, -0.1) is 0 Å². The van der Waals surface area contributed by atoms with Crippen molar-refractivity contribution < 1.29 is 9.47 Å². The average molecular weight is 236 g/mol. The molecule has 0 spiro atoms. The van der Waals surface area contributed by atoms with Crippen LogP contribution < -0.4 is 0 Å². The van der Waals surface area contributed by atoms with Gasteiger partial charge < -0.3 is 14.4 Å². The molecular formula is C13H20N2O2. The van der Waals surface area contributed by atoms with E-state index in [-0.39, 0.29) is 12.3 Å². The lowest BCUT2D eigenvalue weighted by atomic mass is 9.94. The van der Waals surface area contributed by atoms with Crippen molar-refractivity contribution >= 4 is 0 Å². The van der Waals surface area contributed by atoms with Gasteiger partial charge in [0, 0.05) is 24.4 Å². The Labute approximate surface area is 103 Å². The quantitative estimate of drug-likeness (QED) is 0.800. The number of hydrogen-bond acceptors (Lipinski definition) is 4. The summed E-state index contributed by atoms with van der Waals surface area (Å²) in [6.45, 7) is 3.41. The van der Waals surface area contributed by atoms with Gasteiger partial charge in [0.15, 0.2) is 6.29 Å². The minimum atomic E-state index is -0.0806. The number of aromatic nitrogens is 1. The van der Waals surface area contributed by atoms with Crippen molar-refractivity contribution in [2.24, 2.45) is 5.92 Å². The molecule has 1 aliphatic heterocycles. The van der Waals surface area contributed by atoms with Crippen LogP contribution in [0.4, 0.5) is 0 Å². The molecule has 2 rings (SSSR count). The first-order valence-electron chi connectivity index (χ1n) is 5.98. The highest BCUT2D eigenvalue weighted by Gasteiger charge is 2.29. The number of rotatable bonds is 3. The van der Waals surface area contributed by atoms with E-state index in [9.17, 15) is 0 Å². The fourth-order valence-corrected chi connectivity index (χ4v) is 2.34. The summed E-state index contributed by atoms with van der Waals surface area (Å²) in [6, 6.07) is 4.37. The van der Waals surface area contributed by atoms with Crippen molar-refractivity contribution in [1.29, 1.82) is 0 Å². The molecule has 1 aromatic rings. The third kappa shape index (κ3) is 3.03. The Kier molecular flexibility index (Phi) is 4.10. The largest absolute Gasteiger partial charge is 0.353 e. The number of pyridine rings is 1. The molecule has 4 heteroatoms. The van der Waals surface area contributed by atoms with Crippen LogP contribution in [-0.4, -0.2) is 43.5 Å². The smallest absolute Gasteiger partial charge is 0.154 e. The van der Waals surface area contributed by atoms with E-state index in [1.165, 1.54) is 5.56 Å². The summed E-state index contributed by atoms with van der Waals surface area (Å²) in [5, 5.41) is 0. The molecule has 0 aromatic carbocycles. The standard InChI is InChI=1S/C13H20N2O2/c1-10-16-8-12(9-17-10)13(15(2)3)11-5-4-6-14-7-11/h4-7,10,12-13H,8-9H2,1-3H3. The Morgan fingerprint density at radius 1 is 1.35 bits per heavy atom. The van der Waals surface area contributed by atoms with Gasteiger partial charge in [0.05, 0.1) is 13.2 Å². The third-order valence-electron chi connectivity index (χ3n) is 3.12. The van der Waals surface area contributed by atoms with E-state index in [1.54, 1.807) is 6.20 Å². The van der Waals surface area contributed by atoms with Crippen LogP contribution in [0.15, 0.2) is 24.5 Å². The van der Waals surface area contributed by atoms with E-state index in [2.05, 4.69) is 30.0 Å². The van der Waals surface area contributed by atoms with Crippen LogP contribution >= 0.6 is 0 Å². The molecule has 0 radical (unpaired) electrons. The third-order valence-corrected chi connectivity index (χ3v) is 3.12. The highest BCUT2D eigenvalue weighted by Crippen LogP contribution is 2.29. The first-order valence-corrected chi connectivity index (χ1v) is 5.98. The van der Waals surface area contributed by atoms with Crippen LogP contribution in [0.5, 0.6) is 0 Å². The normalized spacial score (nSPS) is 27.1. The number of hydrogen-bond donors (Lipinski definition) is 0. The van der Waals surface area contributed by atoms with Gasteiger partial charge in [0.25, 0.3) is 0 Å². The van der Waals surface area contributed by atoms with Gasteiger partial charge in [0.1, 0.15) is 0 Å². The molecule has 0 bridgehead atoms. The minimum absolute atomic E-state index is 0.0806. The monoisotopic (exact) mass is 236 g/mol. The summed E-state index contributed by atoms with van der Waals surface area (Å²) in [7, 11) is 4.16. The zero-order chi connectivity index (χ0) is 12.3. The number of ether oxygens (including phenoxy) is 2. The molecule has 0 N–H and O–H groups in total. The predicted molar refractivity (Wildman–Crippen MR) is 65.5 cm³/mol.